The van der Waals surface area contributed by atoms with Gasteiger partial charge in [-0.1, -0.05) is 42.5 Å². The van der Waals surface area contributed by atoms with E-state index in [0.717, 1.165) is 32.3 Å². The van der Waals surface area contributed by atoms with Crippen LogP contribution in [0.4, 0.5) is 5.95 Å². The van der Waals surface area contributed by atoms with Gasteiger partial charge in [0.15, 0.2) is 11.2 Å². The molecule has 7 atom stereocenters. The molecule has 42 heavy (non-hydrogen) atoms. The summed E-state index contributed by atoms with van der Waals surface area (Å²) in [6.07, 6.45) is -5.10. The highest BCUT2D eigenvalue weighted by molar-refractivity contribution is 6.24. The summed E-state index contributed by atoms with van der Waals surface area (Å²) in [4.78, 5) is 24.5. The fourth-order valence-corrected chi connectivity index (χ4v) is 6.75. The van der Waals surface area contributed by atoms with Crippen LogP contribution in [0.15, 0.2) is 59.7 Å². The maximum absolute atomic E-state index is 13.0. The van der Waals surface area contributed by atoms with Gasteiger partial charge in [-0.15, -0.1) is 0 Å². The number of hydrogen-bond donors (Lipinski definition) is 7. The van der Waals surface area contributed by atoms with Crippen molar-refractivity contribution in [2.75, 3.05) is 11.9 Å². The van der Waals surface area contributed by atoms with Crippen LogP contribution in [0.5, 0.6) is 0 Å². The van der Waals surface area contributed by atoms with E-state index in [9.17, 15) is 30.3 Å². The van der Waals surface area contributed by atoms with E-state index < -0.39 is 48.3 Å². The Morgan fingerprint density at radius 1 is 1.00 bits per heavy atom. The maximum Gasteiger partial charge on any atom is 0.280 e. The van der Waals surface area contributed by atoms with E-state index >= 15 is 0 Å². The normalized spacial score (nSPS) is 27.9. The third-order valence-electron chi connectivity index (χ3n) is 8.78. The number of rotatable bonds is 4. The van der Waals surface area contributed by atoms with E-state index in [1.165, 1.54) is 10.9 Å². The predicted molar refractivity (Wildman–Crippen MR) is 153 cm³/mol. The number of hydrogen-bond acceptors (Lipinski definition) is 10. The number of ether oxygens (including phenoxy) is 1. The minimum absolute atomic E-state index is 0.00999. The summed E-state index contributed by atoms with van der Waals surface area (Å²) in [6.45, 7) is -0.361. The molecule has 1 fully saturated rings. The van der Waals surface area contributed by atoms with Gasteiger partial charge in [-0.3, -0.25) is 14.3 Å². The topological polar surface area (TPSA) is 186 Å². The zero-order valence-corrected chi connectivity index (χ0v) is 22.0. The van der Waals surface area contributed by atoms with Gasteiger partial charge in [0.05, 0.1) is 25.1 Å². The van der Waals surface area contributed by atoms with Crippen molar-refractivity contribution in [3.8, 4) is 0 Å². The number of benzene rings is 4. The van der Waals surface area contributed by atoms with Crippen LogP contribution < -0.4 is 10.9 Å². The van der Waals surface area contributed by atoms with Gasteiger partial charge in [-0.25, -0.2) is 4.98 Å². The van der Waals surface area contributed by atoms with Crippen LogP contribution in [0, 0.1) is 0 Å². The minimum atomic E-state index is -1.51. The summed E-state index contributed by atoms with van der Waals surface area (Å²) in [7, 11) is 0. The molecule has 8 rings (SSSR count). The Kier molecular flexibility index (Phi) is 5.57. The second-order valence-electron chi connectivity index (χ2n) is 11.1. The second-order valence-corrected chi connectivity index (χ2v) is 11.1. The molecule has 0 saturated carbocycles. The average molecular weight is 570 g/mol. The summed E-state index contributed by atoms with van der Waals surface area (Å²) >= 11 is 0. The molecule has 12 nitrogen and oxygen atoms in total. The standard InChI is InChI=1S/C30H27N5O7/c36-10-18-17(37)9-19(42-18)35-11-31-24-28(35)33-30(34-29(24)41)32-23-22-15-7-6-13-3-1-2-12-4-5-14(21(15)20(12)13)8-16(22)25(38)27(40)26(23)39/h1-8,11,17-19,23,25-27,36-40H,9-10H2,(H2,32,33,34,41)/t17-,18+,19+,23+,25+,26+,27-/m0/s1. The molecule has 0 spiro atoms. The van der Waals surface area contributed by atoms with Crippen LogP contribution in [-0.4, -0.2) is 76.1 Å². The number of imidazole rings is 1. The molecule has 0 unspecified atom stereocenters. The number of anilines is 1. The van der Waals surface area contributed by atoms with E-state index in [1.54, 1.807) is 0 Å². The van der Waals surface area contributed by atoms with Gasteiger partial charge in [-0.2, -0.15) is 4.98 Å². The molecule has 7 N–H and O–H groups in total. The number of aliphatic hydroxyl groups excluding tert-OH is 5. The van der Waals surface area contributed by atoms with Crippen LogP contribution in [0.2, 0.25) is 0 Å². The molecular weight excluding hydrogens is 542 g/mol. The molecule has 3 heterocycles. The Balaban J connectivity index is 1.29. The molecule has 214 valence electrons. The smallest absolute Gasteiger partial charge is 0.280 e. The van der Waals surface area contributed by atoms with E-state index in [4.69, 9.17) is 4.74 Å². The monoisotopic (exact) mass is 569 g/mol. The fourth-order valence-electron chi connectivity index (χ4n) is 6.75. The number of aromatic nitrogens is 4. The zero-order valence-electron chi connectivity index (χ0n) is 22.0. The van der Waals surface area contributed by atoms with Crippen LogP contribution in [0.25, 0.3) is 43.5 Å². The maximum atomic E-state index is 13.0. The highest BCUT2D eigenvalue weighted by Crippen LogP contribution is 2.46. The van der Waals surface area contributed by atoms with Crippen LogP contribution in [0.1, 0.15) is 35.9 Å². The molecule has 1 saturated heterocycles. The lowest BCUT2D eigenvalue weighted by Gasteiger charge is -2.38. The average Bonchev–Trinajstić information content (AvgIpc) is 3.59. The molecule has 2 aliphatic rings. The van der Waals surface area contributed by atoms with Crippen molar-refractivity contribution < 1.29 is 30.3 Å². The molecule has 4 aromatic carbocycles. The van der Waals surface area contributed by atoms with Gasteiger partial charge >= 0.3 is 0 Å². The summed E-state index contributed by atoms with van der Waals surface area (Å²) in [5, 5.41) is 61.9. The molecular formula is C30H27N5O7. The Labute approximate surface area is 236 Å². The summed E-state index contributed by atoms with van der Waals surface area (Å²) < 4.78 is 7.27. The lowest BCUT2D eigenvalue weighted by atomic mass is 9.77. The van der Waals surface area contributed by atoms with Crippen LogP contribution in [0.3, 0.4) is 0 Å². The first kappa shape index (κ1) is 25.5. The molecule has 0 bridgehead atoms. The number of aliphatic hydroxyl groups is 5. The second kappa shape index (κ2) is 9.16. The first-order chi connectivity index (χ1) is 20.3. The molecule has 0 radical (unpaired) electrons. The van der Waals surface area contributed by atoms with Crippen molar-refractivity contribution in [1.29, 1.82) is 0 Å². The van der Waals surface area contributed by atoms with Crippen LogP contribution in [-0.2, 0) is 4.74 Å². The highest BCUT2D eigenvalue weighted by Gasteiger charge is 2.42. The number of nitrogens with one attached hydrogen (secondary N) is 2. The lowest BCUT2D eigenvalue weighted by molar-refractivity contribution is -0.0767. The first-order valence-corrected chi connectivity index (χ1v) is 13.8. The molecule has 12 heteroatoms. The Morgan fingerprint density at radius 2 is 1.76 bits per heavy atom. The minimum Gasteiger partial charge on any atom is -0.394 e. The number of H-pyrrole nitrogens is 1. The summed E-state index contributed by atoms with van der Waals surface area (Å²) in [5.74, 6) is 0.00999. The van der Waals surface area contributed by atoms with Gasteiger partial charge in [0.2, 0.25) is 5.95 Å². The van der Waals surface area contributed by atoms with Gasteiger partial charge < -0.3 is 35.6 Å². The SMILES string of the molecule is O=c1[nH]c(N[C@@H]2c3c(cc4ccc5cccc6ccc3c4c56)[C@@H](O)[C@H](O)[C@@H]2O)nc2c1ncn2[C@H]1C[C@H](O)[C@@H](CO)O1. The quantitative estimate of drug-likeness (QED) is 0.154. The molecule has 1 aliphatic carbocycles. The van der Waals surface area contributed by atoms with Crippen molar-refractivity contribution in [3.63, 3.8) is 0 Å². The van der Waals surface area contributed by atoms with Gasteiger partial charge in [0.25, 0.3) is 5.56 Å². The van der Waals surface area contributed by atoms with E-state index in [-0.39, 0.29) is 30.1 Å². The third kappa shape index (κ3) is 3.54. The Hall–Kier alpha value is -4.17. The van der Waals surface area contributed by atoms with E-state index in [2.05, 4.69) is 20.3 Å². The van der Waals surface area contributed by atoms with Crippen LogP contribution >= 0.6 is 0 Å². The molecule has 0 amide bonds. The van der Waals surface area contributed by atoms with E-state index in [1.807, 2.05) is 48.5 Å². The molecule has 2 aromatic heterocycles. The predicted octanol–water partition coefficient (Wildman–Crippen LogP) is 1.58. The van der Waals surface area contributed by atoms with Crippen molar-refractivity contribution in [2.24, 2.45) is 0 Å². The van der Waals surface area contributed by atoms with E-state index in [0.29, 0.717) is 11.1 Å². The van der Waals surface area contributed by atoms with Gasteiger partial charge in [0.1, 0.15) is 30.6 Å². The van der Waals surface area contributed by atoms with Crippen molar-refractivity contribution in [1.82, 2.24) is 19.5 Å². The number of aromatic amines is 1. The van der Waals surface area contributed by atoms with Crippen molar-refractivity contribution in [2.45, 2.75) is 49.2 Å². The summed E-state index contributed by atoms with van der Waals surface area (Å²) in [6, 6.07) is 14.9. The fraction of sp³-hybridized carbons (Fsp3) is 0.300. The van der Waals surface area contributed by atoms with Gasteiger partial charge in [0, 0.05) is 6.42 Å². The zero-order chi connectivity index (χ0) is 28.9. The Bertz CT molecular complexity index is 2040. The number of nitrogens with zero attached hydrogens (tertiary/aromatic N) is 3. The van der Waals surface area contributed by atoms with Crippen molar-refractivity contribution >= 4 is 49.4 Å². The largest absolute Gasteiger partial charge is 0.394 e. The lowest BCUT2D eigenvalue weighted by Crippen LogP contribution is -2.44. The number of fused-ring (bicyclic) bond motifs is 3. The molecule has 1 aliphatic heterocycles. The van der Waals surface area contributed by atoms with Crippen molar-refractivity contribution in [3.05, 3.63) is 76.3 Å². The first-order valence-electron chi connectivity index (χ1n) is 13.8. The Morgan fingerprint density at radius 3 is 2.52 bits per heavy atom. The highest BCUT2D eigenvalue weighted by atomic mass is 16.5. The molecule has 6 aromatic rings. The summed E-state index contributed by atoms with van der Waals surface area (Å²) in [5.41, 5.74) is 0.746. The third-order valence-corrected chi connectivity index (χ3v) is 8.78. The van der Waals surface area contributed by atoms with Gasteiger partial charge in [-0.05, 0) is 49.5 Å².